The first-order chi connectivity index (χ1) is 10.6. The van der Waals surface area contributed by atoms with Crippen LogP contribution in [-0.2, 0) is 16.1 Å². The second-order valence-electron chi connectivity index (χ2n) is 5.16. The first-order valence-electron chi connectivity index (χ1n) is 6.99. The highest BCUT2D eigenvalue weighted by Crippen LogP contribution is 2.30. The molecule has 2 aromatic rings. The average molecular weight is 301 g/mol. The molecule has 1 aliphatic carbocycles. The minimum absolute atomic E-state index is 0.00754. The molecule has 7 heteroatoms. The fourth-order valence-electron chi connectivity index (χ4n) is 1.92. The molecule has 0 radical (unpaired) electrons. The summed E-state index contributed by atoms with van der Waals surface area (Å²) in [5.74, 6) is 0.307. The first kappa shape index (κ1) is 14.2. The van der Waals surface area contributed by atoms with E-state index in [4.69, 9.17) is 9.26 Å². The summed E-state index contributed by atoms with van der Waals surface area (Å²) >= 11 is 0. The topological polar surface area (TPSA) is 94.3 Å². The number of amides is 1. The molecule has 0 bridgehead atoms. The maximum Gasteiger partial charge on any atom is 0.338 e. The van der Waals surface area contributed by atoms with E-state index in [9.17, 15) is 9.59 Å². The number of hydrogen-bond acceptors (Lipinski definition) is 6. The molecular formula is C15H15N3O4. The summed E-state index contributed by atoms with van der Waals surface area (Å²) in [4.78, 5) is 27.6. The van der Waals surface area contributed by atoms with Gasteiger partial charge in [-0.2, -0.15) is 4.98 Å². The van der Waals surface area contributed by atoms with Crippen molar-refractivity contribution in [1.82, 2.24) is 10.1 Å². The lowest BCUT2D eigenvalue weighted by Crippen LogP contribution is -2.14. The maximum absolute atomic E-state index is 12.0. The molecular weight excluding hydrogens is 286 g/mol. The van der Waals surface area contributed by atoms with E-state index in [-0.39, 0.29) is 24.3 Å². The third kappa shape index (κ3) is 3.49. The van der Waals surface area contributed by atoms with E-state index in [0.29, 0.717) is 17.1 Å². The fourth-order valence-corrected chi connectivity index (χ4v) is 1.92. The number of aromatic nitrogens is 2. The van der Waals surface area contributed by atoms with Crippen LogP contribution in [0.15, 0.2) is 28.8 Å². The number of ether oxygens (including phenoxy) is 1. The molecule has 1 heterocycles. The Morgan fingerprint density at radius 1 is 1.41 bits per heavy atom. The van der Waals surface area contributed by atoms with Gasteiger partial charge < -0.3 is 14.6 Å². The number of hydrogen-bond donors (Lipinski definition) is 1. The van der Waals surface area contributed by atoms with Gasteiger partial charge in [0.15, 0.2) is 12.4 Å². The molecule has 114 valence electrons. The molecule has 0 atom stereocenters. The van der Waals surface area contributed by atoms with Crippen molar-refractivity contribution in [2.24, 2.45) is 5.92 Å². The Hall–Kier alpha value is -2.70. The summed E-state index contributed by atoms with van der Waals surface area (Å²) < 4.78 is 9.96. The van der Waals surface area contributed by atoms with Gasteiger partial charge in [-0.1, -0.05) is 11.2 Å². The van der Waals surface area contributed by atoms with Crippen molar-refractivity contribution in [2.45, 2.75) is 26.4 Å². The minimum Gasteiger partial charge on any atom is -0.452 e. The van der Waals surface area contributed by atoms with Crippen molar-refractivity contribution < 1.29 is 18.8 Å². The number of nitrogens with one attached hydrogen (secondary N) is 1. The predicted molar refractivity (Wildman–Crippen MR) is 76.0 cm³/mol. The monoisotopic (exact) mass is 301 g/mol. The van der Waals surface area contributed by atoms with Crippen molar-refractivity contribution in [1.29, 1.82) is 0 Å². The Labute approximate surface area is 126 Å². The number of anilines is 1. The van der Waals surface area contributed by atoms with E-state index in [0.717, 1.165) is 12.8 Å². The quantitative estimate of drug-likeness (QED) is 0.850. The Balaban J connectivity index is 1.60. The molecule has 0 unspecified atom stereocenters. The molecule has 1 fully saturated rings. The second-order valence-corrected chi connectivity index (χ2v) is 5.16. The van der Waals surface area contributed by atoms with E-state index in [1.807, 2.05) is 0 Å². The van der Waals surface area contributed by atoms with Gasteiger partial charge in [-0.05, 0) is 38.0 Å². The molecule has 0 saturated heterocycles. The summed E-state index contributed by atoms with van der Waals surface area (Å²) in [5, 5.41) is 6.40. The highest BCUT2D eigenvalue weighted by Gasteiger charge is 2.29. The van der Waals surface area contributed by atoms with Gasteiger partial charge in [0.25, 0.3) is 5.89 Å². The molecule has 1 N–H and O–H groups in total. The van der Waals surface area contributed by atoms with Crippen molar-refractivity contribution in [3.63, 3.8) is 0 Å². The zero-order chi connectivity index (χ0) is 15.5. The first-order valence-corrected chi connectivity index (χ1v) is 6.99. The van der Waals surface area contributed by atoms with Crippen LogP contribution in [0.2, 0.25) is 0 Å². The standard InChI is InChI=1S/C15H15N3O4/c1-9-16-13(22-18-9)8-21-15(20)11-3-2-4-12(7-11)17-14(19)10-5-6-10/h2-4,7,10H,5-6,8H2,1H3,(H,17,19). The van der Waals surface area contributed by atoms with Crippen LogP contribution in [0.25, 0.3) is 0 Å². The summed E-state index contributed by atoms with van der Waals surface area (Å²) in [6.07, 6.45) is 1.86. The molecule has 1 aliphatic rings. The zero-order valence-corrected chi connectivity index (χ0v) is 12.0. The summed E-state index contributed by atoms with van der Waals surface area (Å²) in [6, 6.07) is 6.63. The predicted octanol–water partition coefficient (Wildman–Crippen LogP) is 2.08. The second kappa shape index (κ2) is 5.97. The average Bonchev–Trinajstić information content (AvgIpc) is 3.28. The van der Waals surface area contributed by atoms with E-state index in [1.54, 1.807) is 31.2 Å². The highest BCUT2D eigenvalue weighted by atomic mass is 16.6. The van der Waals surface area contributed by atoms with Gasteiger partial charge in [0.2, 0.25) is 5.91 Å². The van der Waals surface area contributed by atoms with E-state index < -0.39 is 5.97 Å². The van der Waals surface area contributed by atoms with Gasteiger partial charge in [0.05, 0.1) is 5.56 Å². The number of rotatable bonds is 5. The Kier molecular flexibility index (Phi) is 3.86. The van der Waals surface area contributed by atoms with Gasteiger partial charge in [-0.25, -0.2) is 4.79 Å². The normalized spacial score (nSPS) is 13.7. The highest BCUT2D eigenvalue weighted by molar-refractivity contribution is 5.96. The lowest BCUT2D eigenvalue weighted by Gasteiger charge is -2.06. The van der Waals surface area contributed by atoms with Crippen molar-refractivity contribution in [3.8, 4) is 0 Å². The van der Waals surface area contributed by atoms with Gasteiger partial charge in [0.1, 0.15) is 0 Å². The Morgan fingerprint density at radius 2 is 2.23 bits per heavy atom. The largest absolute Gasteiger partial charge is 0.452 e. The maximum atomic E-state index is 12.0. The molecule has 22 heavy (non-hydrogen) atoms. The van der Waals surface area contributed by atoms with Gasteiger partial charge in [-0.15, -0.1) is 0 Å². The summed E-state index contributed by atoms with van der Waals surface area (Å²) in [6.45, 7) is 1.60. The molecule has 3 rings (SSSR count). The molecule has 1 saturated carbocycles. The smallest absolute Gasteiger partial charge is 0.338 e. The van der Waals surface area contributed by atoms with Gasteiger partial charge in [-0.3, -0.25) is 4.79 Å². The molecule has 0 spiro atoms. The number of carbonyl (C=O) groups excluding carboxylic acids is 2. The van der Waals surface area contributed by atoms with Crippen molar-refractivity contribution in [3.05, 3.63) is 41.5 Å². The lowest BCUT2D eigenvalue weighted by molar-refractivity contribution is -0.117. The summed E-state index contributed by atoms with van der Waals surface area (Å²) in [7, 11) is 0. The lowest BCUT2D eigenvalue weighted by atomic mass is 10.2. The van der Waals surface area contributed by atoms with Gasteiger partial charge >= 0.3 is 5.97 Å². The van der Waals surface area contributed by atoms with E-state index in [2.05, 4.69) is 15.5 Å². The third-order valence-corrected chi connectivity index (χ3v) is 3.21. The number of benzene rings is 1. The van der Waals surface area contributed by atoms with E-state index in [1.165, 1.54) is 0 Å². The number of aryl methyl sites for hydroxylation is 1. The summed E-state index contributed by atoms with van der Waals surface area (Å²) in [5.41, 5.74) is 0.935. The number of carbonyl (C=O) groups is 2. The van der Waals surface area contributed by atoms with Gasteiger partial charge in [0, 0.05) is 11.6 Å². The fraction of sp³-hybridized carbons (Fsp3) is 0.333. The molecule has 1 aromatic heterocycles. The third-order valence-electron chi connectivity index (χ3n) is 3.21. The molecule has 1 aromatic carbocycles. The number of esters is 1. The van der Waals surface area contributed by atoms with Crippen LogP contribution in [0.5, 0.6) is 0 Å². The molecule has 0 aliphatic heterocycles. The van der Waals surface area contributed by atoms with Crippen LogP contribution in [-0.4, -0.2) is 22.0 Å². The van der Waals surface area contributed by atoms with Crippen LogP contribution in [0.1, 0.15) is 34.9 Å². The number of nitrogens with zero attached hydrogens (tertiary/aromatic N) is 2. The Morgan fingerprint density at radius 3 is 2.91 bits per heavy atom. The van der Waals surface area contributed by atoms with Crippen LogP contribution < -0.4 is 5.32 Å². The molecule has 7 nitrogen and oxygen atoms in total. The van der Waals surface area contributed by atoms with Crippen LogP contribution in [0.3, 0.4) is 0 Å². The van der Waals surface area contributed by atoms with Crippen LogP contribution >= 0.6 is 0 Å². The SMILES string of the molecule is Cc1noc(COC(=O)c2cccc(NC(=O)C3CC3)c2)n1. The van der Waals surface area contributed by atoms with Crippen LogP contribution in [0.4, 0.5) is 5.69 Å². The van der Waals surface area contributed by atoms with Crippen LogP contribution in [0, 0.1) is 12.8 Å². The zero-order valence-electron chi connectivity index (χ0n) is 12.0. The molecule has 1 amide bonds. The van der Waals surface area contributed by atoms with E-state index >= 15 is 0 Å². The minimum atomic E-state index is -0.515. The van der Waals surface area contributed by atoms with Crippen molar-refractivity contribution >= 4 is 17.6 Å². The Bertz CT molecular complexity index is 706. The van der Waals surface area contributed by atoms with Crippen molar-refractivity contribution in [2.75, 3.05) is 5.32 Å².